The molecule has 0 aliphatic carbocycles. The minimum atomic E-state index is -3.52. The molecule has 1 saturated heterocycles. The van der Waals surface area contributed by atoms with E-state index in [1.807, 2.05) is 55.5 Å². The molecule has 0 bridgehead atoms. The first-order valence-electron chi connectivity index (χ1n) is 11.2. The lowest BCUT2D eigenvalue weighted by atomic mass is 9.99. The number of ether oxygens (including phenoxy) is 1. The molecule has 2 heterocycles. The van der Waals surface area contributed by atoms with Crippen LogP contribution in [-0.2, 0) is 14.8 Å². The summed E-state index contributed by atoms with van der Waals surface area (Å²) in [7, 11) is -1.94. The highest BCUT2D eigenvalue weighted by atomic mass is 32.2. The van der Waals surface area contributed by atoms with Crippen LogP contribution < -0.4 is 14.8 Å². The molecular weight excluding hydrogens is 470 g/mol. The zero-order valence-corrected chi connectivity index (χ0v) is 20.9. The number of benzene rings is 2. The van der Waals surface area contributed by atoms with E-state index in [2.05, 4.69) is 14.9 Å². The maximum atomic E-state index is 13.5. The van der Waals surface area contributed by atoms with Crippen molar-refractivity contribution >= 4 is 33.0 Å². The van der Waals surface area contributed by atoms with E-state index < -0.39 is 16.1 Å². The van der Waals surface area contributed by atoms with Crippen LogP contribution in [0.5, 0.6) is 5.75 Å². The fourth-order valence-electron chi connectivity index (χ4n) is 4.25. The Morgan fingerprint density at radius 1 is 1.09 bits per heavy atom. The molecule has 4 rings (SSSR count). The quantitative estimate of drug-likeness (QED) is 0.485. The van der Waals surface area contributed by atoms with Gasteiger partial charge in [0.05, 0.1) is 12.8 Å². The number of nitrogens with one attached hydrogen (secondary N) is 2. The number of aryl methyl sites for hydroxylation is 1. The Morgan fingerprint density at radius 2 is 1.82 bits per heavy atom. The lowest BCUT2D eigenvalue weighted by molar-refractivity contribution is -0.122. The molecule has 2 aromatic carbocycles. The smallest absolute Gasteiger partial charge is 0.250 e. The molecular formula is C25H29N3O4S2. The van der Waals surface area contributed by atoms with Gasteiger partial charge >= 0.3 is 0 Å². The molecule has 34 heavy (non-hydrogen) atoms. The summed E-state index contributed by atoms with van der Waals surface area (Å²) in [5.74, 6) is 0.458. The van der Waals surface area contributed by atoms with Crippen LogP contribution in [0.15, 0.2) is 70.3 Å². The molecule has 0 saturated carbocycles. The van der Waals surface area contributed by atoms with E-state index in [1.165, 1.54) is 11.3 Å². The van der Waals surface area contributed by atoms with Crippen molar-refractivity contribution in [3.63, 3.8) is 0 Å². The number of thiophene rings is 1. The Kier molecular flexibility index (Phi) is 7.67. The van der Waals surface area contributed by atoms with E-state index in [1.54, 1.807) is 24.6 Å². The van der Waals surface area contributed by atoms with E-state index in [-0.39, 0.29) is 11.9 Å². The predicted molar refractivity (Wildman–Crippen MR) is 135 cm³/mol. The van der Waals surface area contributed by atoms with E-state index in [4.69, 9.17) is 4.74 Å². The van der Waals surface area contributed by atoms with Crippen LogP contribution >= 0.6 is 11.3 Å². The maximum absolute atomic E-state index is 13.5. The molecule has 2 N–H and O–H groups in total. The van der Waals surface area contributed by atoms with Crippen LogP contribution in [0.3, 0.4) is 0 Å². The highest BCUT2D eigenvalue weighted by Crippen LogP contribution is 2.30. The standard InChI is InChI=1S/C25H29N3O4S2/c1-18-10-11-22(32-2)21(17-18)26-25(29)24(19-7-4-3-5-8-19)28-14-12-20(13-15-28)27-34(30,31)23-9-6-16-33-23/h3-11,16-17,20,24,27H,12-15H2,1-2H3,(H,26,29). The third-order valence-corrected chi connectivity index (χ3v) is 8.87. The van der Waals surface area contributed by atoms with E-state index in [0.717, 1.165) is 11.1 Å². The van der Waals surface area contributed by atoms with Crippen LogP contribution in [0.4, 0.5) is 5.69 Å². The minimum absolute atomic E-state index is 0.146. The van der Waals surface area contributed by atoms with E-state index in [0.29, 0.717) is 41.6 Å². The summed E-state index contributed by atoms with van der Waals surface area (Å²) in [5, 5.41) is 4.80. The van der Waals surface area contributed by atoms with Crippen LogP contribution in [0, 0.1) is 6.92 Å². The number of rotatable bonds is 8. The second kappa shape index (κ2) is 10.7. The van der Waals surface area contributed by atoms with Crippen molar-refractivity contribution in [3.8, 4) is 5.75 Å². The zero-order chi connectivity index (χ0) is 24.1. The third kappa shape index (κ3) is 5.67. The highest BCUT2D eigenvalue weighted by Gasteiger charge is 2.33. The van der Waals surface area contributed by atoms with Crippen molar-refractivity contribution in [2.45, 2.75) is 36.1 Å². The lowest BCUT2D eigenvalue weighted by Gasteiger charge is -2.37. The number of hydrogen-bond acceptors (Lipinski definition) is 6. The second-order valence-corrected chi connectivity index (χ2v) is 11.3. The topological polar surface area (TPSA) is 87.7 Å². The number of carbonyl (C=O) groups is 1. The summed E-state index contributed by atoms with van der Waals surface area (Å²) in [6.07, 6.45) is 1.24. The third-order valence-electron chi connectivity index (χ3n) is 5.95. The number of methoxy groups -OCH3 is 1. The van der Waals surface area contributed by atoms with Crippen LogP contribution in [0.2, 0.25) is 0 Å². The number of hydrogen-bond donors (Lipinski definition) is 2. The summed E-state index contributed by atoms with van der Waals surface area (Å²) in [4.78, 5) is 15.7. The molecule has 0 spiro atoms. The second-order valence-electron chi connectivity index (χ2n) is 8.37. The minimum Gasteiger partial charge on any atom is -0.495 e. The van der Waals surface area contributed by atoms with Gasteiger partial charge in [0.25, 0.3) is 0 Å². The van der Waals surface area contributed by atoms with Gasteiger partial charge in [-0.15, -0.1) is 11.3 Å². The molecule has 1 aliphatic heterocycles. The molecule has 1 aliphatic rings. The maximum Gasteiger partial charge on any atom is 0.250 e. The number of likely N-dealkylation sites (tertiary alicyclic amines) is 1. The van der Waals surface area contributed by atoms with E-state index in [9.17, 15) is 13.2 Å². The Hall–Kier alpha value is -2.72. The van der Waals surface area contributed by atoms with Gasteiger partial charge in [-0.1, -0.05) is 42.5 Å². The Labute approximate surface area is 204 Å². The molecule has 3 aromatic rings. The number of nitrogens with zero attached hydrogens (tertiary/aromatic N) is 1. The molecule has 1 aromatic heterocycles. The van der Waals surface area contributed by atoms with Crippen molar-refractivity contribution in [2.75, 3.05) is 25.5 Å². The van der Waals surface area contributed by atoms with Gasteiger partial charge in [-0.3, -0.25) is 9.69 Å². The summed E-state index contributed by atoms with van der Waals surface area (Å²) in [5.41, 5.74) is 2.54. The van der Waals surface area contributed by atoms with Gasteiger partial charge in [-0.25, -0.2) is 13.1 Å². The number of sulfonamides is 1. The predicted octanol–water partition coefficient (Wildman–Crippen LogP) is 4.19. The van der Waals surface area contributed by atoms with Crippen molar-refractivity contribution in [1.29, 1.82) is 0 Å². The summed E-state index contributed by atoms with van der Waals surface area (Å²) < 4.78 is 33.8. The fourth-order valence-corrected chi connectivity index (χ4v) is 6.57. The summed E-state index contributed by atoms with van der Waals surface area (Å²) in [6.45, 7) is 3.15. The molecule has 9 heteroatoms. The van der Waals surface area contributed by atoms with Crippen molar-refractivity contribution < 1.29 is 17.9 Å². The highest BCUT2D eigenvalue weighted by molar-refractivity contribution is 7.91. The number of carbonyl (C=O) groups excluding carboxylic acids is 1. The summed E-state index contributed by atoms with van der Waals surface area (Å²) >= 11 is 1.21. The summed E-state index contributed by atoms with van der Waals surface area (Å²) in [6, 6.07) is 18.0. The molecule has 1 amide bonds. The van der Waals surface area contributed by atoms with Gasteiger partial charge in [0.2, 0.25) is 15.9 Å². The number of amides is 1. The average molecular weight is 500 g/mol. The van der Waals surface area contributed by atoms with Crippen LogP contribution in [0.25, 0.3) is 0 Å². The van der Waals surface area contributed by atoms with Gasteiger partial charge in [0, 0.05) is 19.1 Å². The SMILES string of the molecule is COc1ccc(C)cc1NC(=O)C(c1ccccc1)N1CCC(NS(=O)(=O)c2cccs2)CC1. The van der Waals surface area contributed by atoms with Gasteiger partial charge < -0.3 is 10.1 Å². The monoisotopic (exact) mass is 499 g/mol. The first kappa shape index (κ1) is 24.4. The Bertz CT molecular complexity index is 1210. The molecule has 0 radical (unpaired) electrons. The van der Waals surface area contributed by atoms with Crippen LogP contribution in [-0.4, -0.2) is 45.5 Å². The van der Waals surface area contributed by atoms with Crippen molar-refractivity contribution in [1.82, 2.24) is 9.62 Å². The lowest BCUT2D eigenvalue weighted by Crippen LogP contribution is -2.47. The first-order chi connectivity index (χ1) is 16.4. The van der Waals surface area contributed by atoms with Gasteiger partial charge in [-0.05, 0) is 54.5 Å². The normalized spacial score (nSPS) is 16.2. The number of piperidine rings is 1. The molecule has 7 nitrogen and oxygen atoms in total. The van der Waals surface area contributed by atoms with Crippen LogP contribution in [0.1, 0.15) is 30.0 Å². The Balaban J connectivity index is 1.49. The van der Waals surface area contributed by atoms with Crippen molar-refractivity contribution in [3.05, 3.63) is 77.2 Å². The van der Waals surface area contributed by atoms with Crippen molar-refractivity contribution in [2.24, 2.45) is 0 Å². The molecule has 180 valence electrons. The van der Waals surface area contributed by atoms with Gasteiger partial charge in [0.1, 0.15) is 16.0 Å². The van der Waals surface area contributed by atoms with E-state index >= 15 is 0 Å². The number of anilines is 1. The molecule has 1 unspecified atom stereocenters. The first-order valence-corrected chi connectivity index (χ1v) is 13.5. The molecule has 1 atom stereocenters. The fraction of sp³-hybridized carbons (Fsp3) is 0.320. The zero-order valence-electron chi connectivity index (χ0n) is 19.2. The Morgan fingerprint density at radius 3 is 2.47 bits per heavy atom. The molecule has 1 fully saturated rings. The largest absolute Gasteiger partial charge is 0.495 e. The van der Waals surface area contributed by atoms with Gasteiger partial charge in [0.15, 0.2) is 0 Å². The average Bonchev–Trinajstić information content (AvgIpc) is 3.37. The van der Waals surface area contributed by atoms with Gasteiger partial charge in [-0.2, -0.15) is 0 Å².